The van der Waals surface area contributed by atoms with E-state index in [4.69, 9.17) is 4.42 Å². The summed E-state index contributed by atoms with van der Waals surface area (Å²) in [5.74, 6) is 0.634. The van der Waals surface area contributed by atoms with Gasteiger partial charge >= 0.3 is 0 Å². The molecule has 154 valence electrons. The summed E-state index contributed by atoms with van der Waals surface area (Å²) in [4.78, 5) is 9.13. The van der Waals surface area contributed by atoms with Gasteiger partial charge in [-0.25, -0.2) is 22.8 Å². The molecule has 1 aliphatic heterocycles. The molecule has 0 amide bonds. The summed E-state index contributed by atoms with van der Waals surface area (Å²) in [7, 11) is -3.82. The van der Waals surface area contributed by atoms with Gasteiger partial charge in [-0.1, -0.05) is 6.07 Å². The van der Waals surface area contributed by atoms with Crippen molar-refractivity contribution in [2.24, 2.45) is 0 Å². The van der Waals surface area contributed by atoms with Crippen LogP contribution in [-0.2, 0) is 10.0 Å². The van der Waals surface area contributed by atoms with Gasteiger partial charge in [-0.15, -0.1) is 0 Å². The Hall–Kier alpha value is -3.04. The van der Waals surface area contributed by atoms with E-state index in [1.165, 1.54) is 16.4 Å². The molecule has 1 atom stereocenters. The summed E-state index contributed by atoms with van der Waals surface area (Å²) in [5.41, 5.74) is 1.91. The third-order valence-electron chi connectivity index (χ3n) is 5.45. The molecule has 1 fully saturated rings. The second-order valence-corrected chi connectivity index (χ2v) is 9.25. The summed E-state index contributed by atoms with van der Waals surface area (Å²) in [5, 5.41) is 0. The molecule has 30 heavy (non-hydrogen) atoms. The first kappa shape index (κ1) is 19.0. The van der Waals surface area contributed by atoms with Gasteiger partial charge in [0.05, 0.1) is 17.2 Å². The highest BCUT2D eigenvalue weighted by atomic mass is 32.2. The molecule has 7 nitrogen and oxygen atoms in total. The number of furan rings is 1. The van der Waals surface area contributed by atoms with Crippen molar-refractivity contribution in [2.45, 2.75) is 24.3 Å². The lowest BCUT2D eigenvalue weighted by Crippen LogP contribution is -2.30. The molecule has 1 saturated heterocycles. The smallest absolute Gasteiger partial charge is 0.243 e. The molecule has 0 spiro atoms. The SMILES string of the molecule is Cc1ccc(F)cc1S(=O)(=O)N1CCC(n2c(-c3ccco3)nc3cccnc32)C1. The first-order valence-corrected chi connectivity index (χ1v) is 11.0. The number of nitrogens with zero attached hydrogens (tertiary/aromatic N) is 4. The van der Waals surface area contributed by atoms with Crippen molar-refractivity contribution in [3.05, 3.63) is 66.3 Å². The van der Waals surface area contributed by atoms with Crippen molar-refractivity contribution in [1.82, 2.24) is 18.8 Å². The summed E-state index contributed by atoms with van der Waals surface area (Å²) in [6.45, 7) is 2.24. The Balaban J connectivity index is 1.55. The van der Waals surface area contributed by atoms with Crippen LogP contribution in [0.15, 0.2) is 64.2 Å². The number of benzene rings is 1. The van der Waals surface area contributed by atoms with Crippen molar-refractivity contribution in [3.8, 4) is 11.6 Å². The number of aryl methyl sites for hydroxylation is 1. The minimum atomic E-state index is -3.82. The predicted molar refractivity (Wildman–Crippen MR) is 109 cm³/mol. The highest BCUT2D eigenvalue weighted by molar-refractivity contribution is 7.89. The second kappa shape index (κ2) is 7.03. The second-order valence-electron chi connectivity index (χ2n) is 7.34. The maximum atomic E-state index is 13.7. The van der Waals surface area contributed by atoms with E-state index in [9.17, 15) is 12.8 Å². The van der Waals surface area contributed by atoms with Crippen LogP contribution in [0.3, 0.4) is 0 Å². The largest absolute Gasteiger partial charge is 0.461 e. The van der Waals surface area contributed by atoms with Gasteiger partial charge in [0.2, 0.25) is 10.0 Å². The van der Waals surface area contributed by atoms with Crippen molar-refractivity contribution >= 4 is 21.2 Å². The molecule has 1 aliphatic rings. The Morgan fingerprint density at radius 1 is 1.20 bits per heavy atom. The lowest BCUT2D eigenvalue weighted by Gasteiger charge is -2.19. The van der Waals surface area contributed by atoms with Gasteiger partial charge in [-0.3, -0.25) is 0 Å². The standard InChI is InChI=1S/C21H19FN4O3S/c1-14-6-7-15(22)12-19(14)30(27,28)25-10-8-16(13-25)26-20-17(4-2-9-23-20)24-21(26)18-5-3-11-29-18/h2-7,9,11-12,16H,8,10,13H2,1H3. The first-order valence-electron chi connectivity index (χ1n) is 9.58. The van der Waals surface area contributed by atoms with Crippen LogP contribution in [0, 0.1) is 12.7 Å². The fraction of sp³-hybridized carbons (Fsp3) is 0.238. The van der Waals surface area contributed by atoms with Gasteiger partial charge in [-0.2, -0.15) is 4.31 Å². The van der Waals surface area contributed by atoms with Gasteiger partial charge in [0.15, 0.2) is 17.2 Å². The highest BCUT2D eigenvalue weighted by Crippen LogP contribution is 2.34. The topological polar surface area (TPSA) is 81.2 Å². The minimum Gasteiger partial charge on any atom is -0.461 e. The molecule has 1 aromatic carbocycles. The average molecular weight is 426 g/mol. The molecule has 5 rings (SSSR count). The molecule has 9 heteroatoms. The van der Waals surface area contributed by atoms with Gasteiger partial charge in [0.1, 0.15) is 11.3 Å². The Labute approximate surface area is 172 Å². The zero-order chi connectivity index (χ0) is 20.9. The number of hydrogen-bond donors (Lipinski definition) is 0. The number of imidazole rings is 1. The quantitative estimate of drug-likeness (QED) is 0.496. The molecular weight excluding hydrogens is 407 g/mol. The third kappa shape index (κ3) is 3.01. The van der Waals surface area contributed by atoms with Crippen LogP contribution in [0.5, 0.6) is 0 Å². The molecule has 0 aliphatic carbocycles. The van der Waals surface area contributed by atoms with Gasteiger partial charge in [0.25, 0.3) is 0 Å². The molecular formula is C21H19FN4O3S. The van der Waals surface area contributed by atoms with Crippen LogP contribution in [0.1, 0.15) is 18.0 Å². The molecule has 1 unspecified atom stereocenters. The van der Waals surface area contributed by atoms with Crippen LogP contribution in [-0.4, -0.2) is 40.3 Å². The fourth-order valence-corrected chi connectivity index (χ4v) is 5.71. The van der Waals surface area contributed by atoms with Crippen LogP contribution >= 0.6 is 0 Å². The summed E-state index contributed by atoms with van der Waals surface area (Å²) in [6.07, 6.45) is 3.85. The van der Waals surface area contributed by atoms with Crippen molar-refractivity contribution in [2.75, 3.05) is 13.1 Å². The van der Waals surface area contributed by atoms with Crippen LogP contribution in [0.4, 0.5) is 4.39 Å². The number of sulfonamides is 1. The van der Waals surface area contributed by atoms with Crippen LogP contribution in [0.2, 0.25) is 0 Å². The van der Waals surface area contributed by atoms with E-state index in [0.29, 0.717) is 41.3 Å². The molecule has 0 N–H and O–H groups in total. The Kier molecular flexibility index (Phi) is 4.44. The van der Waals surface area contributed by atoms with E-state index in [-0.39, 0.29) is 17.5 Å². The third-order valence-corrected chi connectivity index (χ3v) is 7.46. The van der Waals surface area contributed by atoms with Gasteiger partial charge in [0, 0.05) is 19.3 Å². The maximum Gasteiger partial charge on any atom is 0.243 e. The van der Waals surface area contributed by atoms with E-state index in [0.717, 1.165) is 6.07 Å². The average Bonchev–Trinajstić information content (AvgIpc) is 3.48. The molecule has 0 saturated carbocycles. The zero-order valence-corrected chi connectivity index (χ0v) is 17.0. The fourth-order valence-electron chi connectivity index (χ4n) is 3.99. The number of fused-ring (bicyclic) bond motifs is 1. The predicted octanol–water partition coefficient (Wildman–Crippen LogP) is 3.77. The van der Waals surface area contributed by atoms with E-state index < -0.39 is 15.8 Å². The Morgan fingerprint density at radius 3 is 2.87 bits per heavy atom. The molecule has 0 radical (unpaired) electrons. The van der Waals surface area contributed by atoms with Crippen LogP contribution in [0.25, 0.3) is 22.7 Å². The zero-order valence-electron chi connectivity index (χ0n) is 16.2. The number of pyridine rings is 1. The summed E-state index contributed by atoms with van der Waals surface area (Å²) in [6, 6.07) is 10.9. The van der Waals surface area contributed by atoms with Crippen molar-refractivity contribution in [1.29, 1.82) is 0 Å². The lowest BCUT2D eigenvalue weighted by atomic mass is 10.2. The summed E-state index contributed by atoms with van der Waals surface area (Å²) < 4.78 is 49.0. The molecule has 4 aromatic rings. The van der Waals surface area contributed by atoms with Crippen molar-refractivity contribution in [3.63, 3.8) is 0 Å². The molecule has 3 aromatic heterocycles. The van der Waals surface area contributed by atoms with Crippen LogP contribution < -0.4 is 0 Å². The number of rotatable bonds is 4. The van der Waals surface area contributed by atoms with Gasteiger partial charge in [-0.05, 0) is 55.3 Å². The first-order chi connectivity index (χ1) is 14.4. The minimum absolute atomic E-state index is 0.00280. The number of aromatic nitrogens is 3. The van der Waals surface area contributed by atoms with E-state index in [1.54, 1.807) is 25.5 Å². The normalized spacial score (nSPS) is 17.7. The number of halogens is 1. The molecule has 0 bridgehead atoms. The summed E-state index contributed by atoms with van der Waals surface area (Å²) >= 11 is 0. The van der Waals surface area contributed by atoms with E-state index >= 15 is 0 Å². The number of hydrogen-bond acceptors (Lipinski definition) is 5. The van der Waals surface area contributed by atoms with Crippen molar-refractivity contribution < 1.29 is 17.2 Å². The lowest BCUT2D eigenvalue weighted by molar-refractivity contribution is 0.452. The highest BCUT2D eigenvalue weighted by Gasteiger charge is 2.36. The Morgan fingerprint density at radius 2 is 2.07 bits per heavy atom. The van der Waals surface area contributed by atoms with Gasteiger partial charge < -0.3 is 8.98 Å². The molecule has 4 heterocycles. The van der Waals surface area contributed by atoms with E-state index in [1.807, 2.05) is 22.8 Å². The maximum absolute atomic E-state index is 13.7. The monoisotopic (exact) mass is 426 g/mol. The van der Waals surface area contributed by atoms with E-state index in [2.05, 4.69) is 9.97 Å². The Bertz CT molecular complexity index is 1330.